The molecule has 0 unspecified atom stereocenters. The third-order valence-corrected chi connectivity index (χ3v) is 3.10. The van der Waals surface area contributed by atoms with Crippen LogP contribution in [-0.4, -0.2) is 23.1 Å². The van der Waals surface area contributed by atoms with Gasteiger partial charge in [-0.05, 0) is 19.1 Å². The number of nitrogens with zero attached hydrogens (tertiary/aromatic N) is 1. The molecule has 0 saturated carbocycles. The van der Waals surface area contributed by atoms with E-state index < -0.39 is 20.8 Å². The minimum atomic E-state index is -4.43. The number of fused-ring (bicyclic) bond motifs is 1. The second kappa shape index (κ2) is 3.43. The largest absolute Gasteiger partial charge is 0.504 e. The zero-order chi connectivity index (χ0) is 11.9. The Labute approximate surface area is 92.1 Å². The van der Waals surface area contributed by atoms with Crippen molar-refractivity contribution in [1.29, 1.82) is 0 Å². The Kier molecular flexibility index (Phi) is 2.32. The molecule has 0 atom stereocenters. The first-order chi connectivity index (χ1) is 7.39. The van der Waals surface area contributed by atoms with Crippen LogP contribution in [0.25, 0.3) is 10.9 Å². The molecule has 2 aromatic rings. The molecule has 0 aliphatic carbocycles. The highest BCUT2D eigenvalue weighted by Gasteiger charge is 2.18. The number of pyridine rings is 1. The van der Waals surface area contributed by atoms with Crippen LogP contribution in [0.4, 0.5) is 0 Å². The zero-order valence-electron chi connectivity index (χ0n) is 8.38. The van der Waals surface area contributed by atoms with Gasteiger partial charge in [-0.25, -0.2) is 4.98 Å². The molecule has 2 N–H and O–H groups in total. The van der Waals surface area contributed by atoms with E-state index in [1.807, 2.05) is 0 Å². The zero-order valence-corrected chi connectivity index (χ0v) is 9.19. The average Bonchev–Trinajstić information content (AvgIpc) is 2.17. The van der Waals surface area contributed by atoms with Crippen LogP contribution in [0.3, 0.4) is 0 Å². The summed E-state index contributed by atoms with van der Waals surface area (Å²) in [6.45, 7) is 1.72. The number of aryl methyl sites for hydroxylation is 1. The van der Waals surface area contributed by atoms with Crippen LogP contribution in [0.15, 0.2) is 29.2 Å². The molecule has 0 radical (unpaired) electrons. The van der Waals surface area contributed by atoms with E-state index in [0.717, 1.165) is 6.07 Å². The van der Waals surface area contributed by atoms with Gasteiger partial charge in [0.05, 0.1) is 0 Å². The number of hydrogen-bond donors (Lipinski definition) is 2. The molecule has 0 aliphatic heterocycles. The van der Waals surface area contributed by atoms with E-state index in [9.17, 15) is 13.5 Å². The highest BCUT2D eigenvalue weighted by atomic mass is 32.2. The summed E-state index contributed by atoms with van der Waals surface area (Å²) in [5.74, 6) is -0.524. The van der Waals surface area contributed by atoms with E-state index in [1.165, 1.54) is 6.07 Å². The van der Waals surface area contributed by atoms with Crippen LogP contribution in [0.5, 0.6) is 5.75 Å². The fourth-order valence-electron chi connectivity index (χ4n) is 1.46. The first-order valence-corrected chi connectivity index (χ1v) is 5.90. The molecule has 0 spiro atoms. The second-order valence-electron chi connectivity index (χ2n) is 3.41. The van der Waals surface area contributed by atoms with Gasteiger partial charge in [-0.2, -0.15) is 8.42 Å². The Morgan fingerprint density at radius 1 is 1.19 bits per heavy atom. The molecule has 1 aromatic heterocycles. The Hall–Kier alpha value is -1.66. The molecule has 6 heteroatoms. The minimum absolute atomic E-state index is 0.162. The van der Waals surface area contributed by atoms with Gasteiger partial charge in [0.1, 0.15) is 10.4 Å². The topological polar surface area (TPSA) is 87.5 Å². The summed E-state index contributed by atoms with van der Waals surface area (Å²) in [5.41, 5.74) is 0.811. The van der Waals surface area contributed by atoms with Crippen molar-refractivity contribution >= 4 is 21.0 Å². The summed E-state index contributed by atoms with van der Waals surface area (Å²) in [5, 5.41) is 10.3. The SMILES string of the molecule is Cc1ccc2ccc(S(=O)(=O)O)c(O)c2n1. The van der Waals surface area contributed by atoms with Gasteiger partial charge in [0.15, 0.2) is 5.75 Å². The molecule has 2 rings (SSSR count). The molecule has 5 nitrogen and oxygen atoms in total. The molecular weight excluding hydrogens is 230 g/mol. The number of aromatic nitrogens is 1. The van der Waals surface area contributed by atoms with Crippen molar-refractivity contribution < 1.29 is 18.1 Å². The molecule has 1 heterocycles. The number of rotatable bonds is 1. The number of phenols is 1. The van der Waals surface area contributed by atoms with E-state index in [4.69, 9.17) is 4.55 Å². The number of aromatic hydroxyl groups is 1. The highest BCUT2D eigenvalue weighted by molar-refractivity contribution is 7.86. The predicted octanol–water partition coefficient (Wildman–Crippen LogP) is 1.50. The fraction of sp³-hybridized carbons (Fsp3) is 0.100. The van der Waals surface area contributed by atoms with Crippen molar-refractivity contribution in [2.75, 3.05) is 0 Å². The highest BCUT2D eigenvalue weighted by Crippen LogP contribution is 2.30. The smallest absolute Gasteiger partial charge is 0.298 e. The number of hydrogen-bond acceptors (Lipinski definition) is 4. The van der Waals surface area contributed by atoms with E-state index >= 15 is 0 Å². The molecule has 1 aromatic carbocycles. The maximum atomic E-state index is 11.0. The molecular formula is C10H9NO4S. The first-order valence-electron chi connectivity index (χ1n) is 4.46. The Morgan fingerprint density at radius 3 is 2.44 bits per heavy atom. The van der Waals surface area contributed by atoms with Gasteiger partial charge in [-0.15, -0.1) is 0 Å². The van der Waals surface area contributed by atoms with Crippen LogP contribution in [-0.2, 0) is 10.1 Å². The van der Waals surface area contributed by atoms with Gasteiger partial charge in [0.25, 0.3) is 10.1 Å². The quantitative estimate of drug-likeness (QED) is 0.736. The normalized spacial score (nSPS) is 11.9. The standard InChI is InChI=1S/C10H9NO4S/c1-6-2-3-7-4-5-8(16(13,14)15)10(12)9(7)11-6/h2-5,12H,1H3,(H,13,14,15). The molecule has 0 bridgehead atoms. The van der Waals surface area contributed by atoms with E-state index in [0.29, 0.717) is 11.1 Å². The second-order valence-corrected chi connectivity index (χ2v) is 4.80. The fourth-order valence-corrected chi connectivity index (χ4v) is 2.04. The van der Waals surface area contributed by atoms with Crippen molar-refractivity contribution in [3.63, 3.8) is 0 Å². The van der Waals surface area contributed by atoms with Gasteiger partial charge in [-0.1, -0.05) is 12.1 Å². The van der Waals surface area contributed by atoms with Gasteiger partial charge < -0.3 is 5.11 Å². The van der Waals surface area contributed by atoms with E-state index in [-0.39, 0.29) is 5.52 Å². The molecule has 0 aliphatic rings. The molecule has 84 valence electrons. The monoisotopic (exact) mass is 239 g/mol. The summed E-state index contributed by atoms with van der Waals surface area (Å²) in [6, 6.07) is 6.08. The predicted molar refractivity (Wildman–Crippen MR) is 58.0 cm³/mol. The number of phenolic OH excluding ortho intramolecular Hbond substituents is 1. The van der Waals surface area contributed by atoms with Crippen LogP contribution < -0.4 is 0 Å². The van der Waals surface area contributed by atoms with Gasteiger partial charge in [0.2, 0.25) is 0 Å². The first kappa shape index (κ1) is 10.8. The summed E-state index contributed by atoms with van der Waals surface area (Å²) in [7, 11) is -4.43. The van der Waals surface area contributed by atoms with Gasteiger partial charge >= 0.3 is 0 Å². The van der Waals surface area contributed by atoms with Crippen LogP contribution in [0, 0.1) is 6.92 Å². The summed E-state index contributed by atoms with van der Waals surface area (Å²) in [6.07, 6.45) is 0. The van der Waals surface area contributed by atoms with E-state index in [2.05, 4.69) is 4.98 Å². The van der Waals surface area contributed by atoms with Crippen molar-refractivity contribution in [2.45, 2.75) is 11.8 Å². The molecule has 16 heavy (non-hydrogen) atoms. The van der Waals surface area contributed by atoms with Crippen LogP contribution >= 0.6 is 0 Å². The van der Waals surface area contributed by atoms with Crippen LogP contribution in [0.2, 0.25) is 0 Å². The van der Waals surface area contributed by atoms with Gasteiger partial charge in [0, 0.05) is 11.1 Å². The third kappa shape index (κ3) is 1.72. The van der Waals surface area contributed by atoms with Crippen LogP contribution in [0.1, 0.15) is 5.69 Å². The lowest BCUT2D eigenvalue weighted by molar-refractivity contribution is 0.447. The van der Waals surface area contributed by atoms with Crippen molar-refractivity contribution in [2.24, 2.45) is 0 Å². The van der Waals surface area contributed by atoms with Gasteiger partial charge in [-0.3, -0.25) is 4.55 Å². The molecule has 0 amide bonds. The lowest BCUT2D eigenvalue weighted by Gasteiger charge is -2.05. The van der Waals surface area contributed by atoms with Crippen molar-refractivity contribution in [1.82, 2.24) is 4.98 Å². The minimum Gasteiger partial charge on any atom is -0.504 e. The summed E-state index contributed by atoms with van der Waals surface area (Å²) < 4.78 is 30.8. The summed E-state index contributed by atoms with van der Waals surface area (Å²) in [4.78, 5) is 3.49. The van der Waals surface area contributed by atoms with Crippen molar-refractivity contribution in [3.8, 4) is 5.75 Å². The molecule has 0 saturated heterocycles. The lowest BCUT2D eigenvalue weighted by atomic mass is 10.2. The third-order valence-electron chi connectivity index (χ3n) is 2.22. The summed E-state index contributed by atoms with van der Waals surface area (Å²) >= 11 is 0. The number of benzene rings is 1. The maximum absolute atomic E-state index is 11.0. The lowest BCUT2D eigenvalue weighted by Crippen LogP contribution is -1.99. The average molecular weight is 239 g/mol. The Bertz CT molecular complexity index is 664. The van der Waals surface area contributed by atoms with E-state index in [1.54, 1.807) is 19.1 Å². The Balaban J connectivity index is 2.89. The maximum Gasteiger partial charge on any atom is 0.298 e. The Morgan fingerprint density at radius 2 is 1.81 bits per heavy atom. The molecule has 0 fully saturated rings. The van der Waals surface area contributed by atoms with Crippen molar-refractivity contribution in [3.05, 3.63) is 30.0 Å².